The van der Waals surface area contributed by atoms with Gasteiger partial charge in [-0.25, -0.2) is 0 Å². The SMILES string of the molecule is CCC(CC)COC(=O)CCCC1CCCCC1. The van der Waals surface area contributed by atoms with Crippen LogP contribution in [0, 0.1) is 11.8 Å². The molecule has 0 spiro atoms. The zero-order valence-corrected chi connectivity index (χ0v) is 12.2. The maximum absolute atomic E-state index is 11.6. The first-order valence-corrected chi connectivity index (χ1v) is 7.91. The van der Waals surface area contributed by atoms with Gasteiger partial charge in [-0.05, 0) is 24.7 Å². The third kappa shape index (κ3) is 6.42. The minimum Gasteiger partial charge on any atom is -0.465 e. The predicted molar refractivity (Wildman–Crippen MR) is 75.5 cm³/mol. The summed E-state index contributed by atoms with van der Waals surface area (Å²) < 4.78 is 5.34. The standard InChI is InChI=1S/C16H30O2/c1-3-14(4-2)13-18-16(17)12-8-11-15-9-6-5-7-10-15/h14-15H,3-13H2,1-2H3. The first kappa shape index (κ1) is 15.5. The van der Waals surface area contributed by atoms with E-state index in [1.165, 1.54) is 38.5 Å². The molecule has 106 valence electrons. The first-order valence-electron chi connectivity index (χ1n) is 7.91. The minimum atomic E-state index is 0.0118. The Kier molecular flexibility index (Phi) is 8.11. The van der Waals surface area contributed by atoms with Crippen LogP contribution in [-0.4, -0.2) is 12.6 Å². The van der Waals surface area contributed by atoms with Crippen LogP contribution < -0.4 is 0 Å². The summed E-state index contributed by atoms with van der Waals surface area (Å²) in [6.45, 7) is 4.94. The summed E-state index contributed by atoms with van der Waals surface area (Å²) in [5.41, 5.74) is 0. The van der Waals surface area contributed by atoms with Crippen LogP contribution in [0.1, 0.15) is 78.1 Å². The van der Waals surface area contributed by atoms with Crippen LogP contribution in [0.3, 0.4) is 0 Å². The Bertz CT molecular complexity index is 215. The molecule has 0 unspecified atom stereocenters. The topological polar surface area (TPSA) is 26.3 Å². The van der Waals surface area contributed by atoms with Gasteiger partial charge in [-0.15, -0.1) is 0 Å². The summed E-state index contributed by atoms with van der Waals surface area (Å²) in [5.74, 6) is 1.44. The van der Waals surface area contributed by atoms with Gasteiger partial charge in [0.25, 0.3) is 0 Å². The third-order valence-corrected chi connectivity index (χ3v) is 4.35. The highest BCUT2D eigenvalue weighted by molar-refractivity contribution is 5.69. The number of rotatable bonds is 8. The van der Waals surface area contributed by atoms with Crippen molar-refractivity contribution in [1.29, 1.82) is 0 Å². The molecule has 0 amide bonds. The van der Waals surface area contributed by atoms with Crippen molar-refractivity contribution < 1.29 is 9.53 Å². The molecular formula is C16H30O2. The molecule has 1 aliphatic rings. The van der Waals surface area contributed by atoms with Crippen LogP contribution in [0.4, 0.5) is 0 Å². The molecule has 2 heteroatoms. The van der Waals surface area contributed by atoms with Crippen molar-refractivity contribution in [2.24, 2.45) is 11.8 Å². The molecule has 0 atom stereocenters. The van der Waals surface area contributed by atoms with Crippen LogP contribution in [0.5, 0.6) is 0 Å². The highest BCUT2D eigenvalue weighted by Gasteiger charge is 2.14. The van der Waals surface area contributed by atoms with E-state index in [0.717, 1.165) is 25.2 Å². The Morgan fingerprint density at radius 2 is 1.83 bits per heavy atom. The normalized spacial score (nSPS) is 17.1. The fraction of sp³-hybridized carbons (Fsp3) is 0.938. The third-order valence-electron chi connectivity index (χ3n) is 4.35. The molecule has 1 aliphatic carbocycles. The van der Waals surface area contributed by atoms with E-state index in [1.807, 2.05) is 0 Å². The molecule has 1 rings (SSSR count). The summed E-state index contributed by atoms with van der Waals surface area (Å²) in [4.78, 5) is 11.6. The van der Waals surface area contributed by atoms with Crippen molar-refractivity contribution >= 4 is 5.97 Å². The van der Waals surface area contributed by atoms with E-state index < -0.39 is 0 Å². The van der Waals surface area contributed by atoms with Crippen molar-refractivity contribution in [2.45, 2.75) is 78.1 Å². The average molecular weight is 254 g/mol. The second kappa shape index (κ2) is 9.41. The van der Waals surface area contributed by atoms with E-state index in [9.17, 15) is 4.79 Å². The summed E-state index contributed by atoms with van der Waals surface area (Å²) in [6, 6.07) is 0. The molecule has 2 nitrogen and oxygen atoms in total. The molecule has 0 aliphatic heterocycles. The molecule has 0 aromatic heterocycles. The summed E-state index contributed by atoms with van der Waals surface area (Å²) in [5, 5.41) is 0. The number of carbonyl (C=O) groups excluding carboxylic acids is 1. The van der Waals surface area contributed by atoms with E-state index in [1.54, 1.807) is 0 Å². The number of esters is 1. The smallest absolute Gasteiger partial charge is 0.305 e. The van der Waals surface area contributed by atoms with Crippen molar-refractivity contribution in [3.8, 4) is 0 Å². The Morgan fingerprint density at radius 3 is 2.44 bits per heavy atom. The molecular weight excluding hydrogens is 224 g/mol. The van der Waals surface area contributed by atoms with E-state index in [-0.39, 0.29) is 5.97 Å². The fourth-order valence-electron chi connectivity index (χ4n) is 2.82. The van der Waals surface area contributed by atoms with Crippen LogP contribution in [0.2, 0.25) is 0 Å². The number of hydrogen-bond donors (Lipinski definition) is 0. The van der Waals surface area contributed by atoms with E-state index in [4.69, 9.17) is 4.74 Å². The quantitative estimate of drug-likeness (QED) is 0.586. The molecule has 0 radical (unpaired) electrons. The minimum absolute atomic E-state index is 0.0118. The monoisotopic (exact) mass is 254 g/mol. The van der Waals surface area contributed by atoms with Crippen molar-refractivity contribution in [1.82, 2.24) is 0 Å². The second-order valence-electron chi connectivity index (χ2n) is 5.76. The zero-order valence-electron chi connectivity index (χ0n) is 12.2. The van der Waals surface area contributed by atoms with Gasteiger partial charge in [0.15, 0.2) is 0 Å². The van der Waals surface area contributed by atoms with Crippen molar-refractivity contribution in [3.63, 3.8) is 0 Å². The van der Waals surface area contributed by atoms with Gasteiger partial charge in [0.1, 0.15) is 0 Å². The lowest BCUT2D eigenvalue weighted by molar-refractivity contribution is -0.145. The van der Waals surface area contributed by atoms with Gasteiger partial charge in [-0.2, -0.15) is 0 Å². The van der Waals surface area contributed by atoms with Crippen LogP contribution >= 0.6 is 0 Å². The van der Waals surface area contributed by atoms with Gasteiger partial charge < -0.3 is 4.74 Å². The molecule has 1 saturated carbocycles. The molecule has 0 aromatic rings. The average Bonchev–Trinajstić information content (AvgIpc) is 2.41. The Hall–Kier alpha value is -0.530. The number of carbonyl (C=O) groups is 1. The maximum atomic E-state index is 11.6. The fourth-order valence-corrected chi connectivity index (χ4v) is 2.82. The molecule has 18 heavy (non-hydrogen) atoms. The van der Waals surface area contributed by atoms with Gasteiger partial charge in [0.05, 0.1) is 6.61 Å². The molecule has 0 saturated heterocycles. The van der Waals surface area contributed by atoms with Crippen LogP contribution in [-0.2, 0) is 9.53 Å². The summed E-state index contributed by atoms with van der Waals surface area (Å²) >= 11 is 0. The van der Waals surface area contributed by atoms with E-state index in [0.29, 0.717) is 18.9 Å². The first-order chi connectivity index (χ1) is 8.76. The Balaban J connectivity index is 2.02. The zero-order chi connectivity index (χ0) is 13.2. The summed E-state index contributed by atoms with van der Waals surface area (Å²) in [7, 11) is 0. The highest BCUT2D eigenvalue weighted by atomic mass is 16.5. The molecule has 0 N–H and O–H groups in total. The molecule has 0 bridgehead atoms. The van der Waals surface area contributed by atoms with Gasteiger partial charge in [0, 0.05) is 6.42 Å². The van der Waals surface area contributed by atoms with Crippen molar-refractivity contribution in [2.75, 3.05) is 6.61 Å². The molecule has 1 fully saturated rings. The lowest BCUT2D eigenvalue weighted by atomic mass is 9.86. The van der Waals surface area contributed by atoms with Gasteiger partial charge >= 0.3 is 5.97 Å². The Morgan fingerprint density at radius 1 is 1.17 bits per heavy atom. The second-order valence-corrected chi connectivity index (χ2v) is 5.76. The summed E-state index contributed by atoms with van der Waals surface area (Å²) in [6.07, 6.45) is 12.0. The lowest BCUT2D eigenvalue weighted by Gasteiger charge is -2.21. The predicted octanol–water partition coefficient (Wildman–Crippen LogP) is 4.72. The van der Waals surface area contributed by atoms with E-state index >= 15 is 0 Å². The van der Waals surface area contributed by atoms with E-state index in [2.05, 4.69) is 13.8 Å². The number of ether oxygens (including phenoxy) is 1. The number of hydrogen-bond acceptors (Lipinski definition) is 2. The van der Waals surface area contributed by atoms with Gasteiger partial charge in [-0.1, -0.05) is 58.8 Å². The maximum Gasteiger partial charge on any atom is 0.305 e. The van der Waals surface area contributed by atoms with Crippen molar-refractivity contribution in [3.05, 3.63) is 0 Å². The van der Waals surface area contributed by atoms with Crippen LogP contribution in [0.15, 0.2) is 0 Å². The van der Waals surface area contributed by atoms with Crippen LogP contribution in [0.25, 0.3) is 0 Å². The van der Waals surface area contributed by atoms with Gasteiger partial charge in [-0.3, -0.25) is 4.79 Å². The Labute approximate surface area is 112 Å². The largest absolute Gasteiger partial charge is 0.465 e. The lowest BCUT2D eigenvalue weighted by Crippen LogP contribution is -2.13. The highest BCUT2D eigenvalue weighted by Crippen LogP contribution is 2.27. The van der Waals surface area contributed by atoms with Gasteiger partial charge in [0.2, 0.25) is 0 Å². The molecule has 0 heterocycles. The molecule has 0 aromatic carbocycles.